The summed E-state index contributed by atoms with van der Waals surface area (Å²) in [6, 6.07) is 8.23. The number of nitrogens with zero attached hydrogens (tertiary/aromatic N) is 2. The van der Waals surface area contributed by atoms with Gasteiger partial charge in [0.2, 0.25) is 5.89 Å². The highest BCUT2D eigenvalue weighted by Crippen LogP contribution is 2.31. The zero-order valence-corrected chi connectivity index (χ0v) is 12.5. The minimum atomic E-state index is -0.348. The largest absolute Gasteiger partial charge is 0.392 e. The lowest BCUT2D eigenvalue weighted by molar-refractivity contribution is 0.119. The van der Waals surface area contributed by atoms with Crippen molar-refractivity contribution in [3.8, 4) is 0 Å². The Hall–Kier alpha value is -1.68. The Morgan fingerprint density at radius 2 is 2.00 bits per heavy atom. The van der Waals surface area contributed by atoms with E-state index in [9.17, 15) is 5.11 Å². The van der Waals surface area contributed by atoms with Crippen LogP contribution in [-0.2, 0) is 6.42 Å². The number of rotatable bonds is 3. The summed E-state index contributed by atoms with van der Waals surface area (Å²) in [5, 5.41) is 14.3. The summed E-state index contributed by atoms with van der Waals surface area (Å²) < 4.78 is 5.42. The molecule has 0 aliphatic heterocycles. The van der Waals surface area contributed by atoms with Gasteiger partial charge in [0.15, 0.2) is 5.82 Å². The van der Waals surface area contributed by atoms with E-state index in [2.05, 4.69) is 29.2 Å². The molecule has 2 unspecified atom stereocenters. The molecule has 0 radical (unpaired) electrons. The maximum Gasteiger partial charge on any atom is 0.232 e. The van der Waals surface area contributed by atoms with Gasteiger partial charge in [0.25, 0.3) is 0 Å². The van der Waals surface area contributed by atoms with E-state index in [1.165, 1.54) is 17.5 Å². The summed E-state index contributed by atoms with van der Waals surface area (Å²) in [4.78, 5) is 4.52. The molecule has 1 aromatic heterocycles. The SMILES string of the molecule is Cc1ccccc1Cc1noc(C2CCCCCC2O)n1. The Balaban J connectivity index is 1.75. The van der Waals surface area contributed by atoms with Crippen molar-refractivity contribution in [3.63, 3.8) is 0 Å². The lowest BCUT2D eigenvalue weighted by atomic mass is 9.97. The Morgan fingerprint density at radius 3 is 2.86 bits per heavy atom. The highest BCUT2D eigenvalue weighted by Gasteiger charge is 2.28. The minimum absolute atomic E-state index is 0.00520. The fourth-order valence-electron chi connectivity index (χ4n) is 3.04. The smallest absolute Gasteiger partial charge is 0.232 e. The molecule has 4 heteroatoms. The lowest BCUT2D eigenvalue weighted by Gasteiger charge is -2.15. The third-order valence-electron chi connectivity index (χ3n) is 4.39. The molecule has 2 aromatic rings. The molecule has 0 saturated heterocycles. The average molecular weight is 286 g/mol. The van der Waals surface area contributed by atoms with Crippen LogP contribution in [0.2, 0.25) is 0 Å². The first-order valence-electron chi connectivity index (χ1n) is 7.79. The van der Waals surface area contributed by atoms with Gasteiger partial charge in [-0.25, -0.2) is 0 Å². The lowest BCUT2D eigenvalue weighted by Crippen LogP contribution is -2.17. The van der Waals surface area contributed by atoms with Crippen LogP contribution in [0.25, 0.3) is 0 Å². The Morgan fingerprint density at radius 1 is 1.19 bits per heavy atom. The summed E-state index contributed by atoms with van der Waals surface area (Å²) in [6.45, 7) is 2.09. The van der Waals surface area contributed by atoms with Gasteiger partial charge in [0, 0.05) is 6.42 Å². The van der Waals surface area contributed by atoms with Crippen LogP contribution in [0.1, 0.15) is 60.9 Å². The summed E-state index contributed by atoms with van der Waals surface area (Å²) in [7, 11) is 0. The molecule has 0 spiro atoms. The molecular weight excluding hydrogens is 264 g/mol. The second-order valence-corrected chi connectivity index (χ2v) is 5.96. The molecule has 0 amide bonds. The standard InChI is InChI=1S/C17H22N2O2/c1-12-7-5-6-8-13(12)11-16-18-17(21-19-16)14-9-3-2-4-10-15(14)20/h5-8,14-15,20H,2-4,9-11H2,1H3. The Bertz CT molecular complexity index is 594. The summed E-state index contributed by atoms with van der Waals surface area (Å²) in [6.07, 6.45) is 5.49. The molecule has 1 fully saturated rings. The van der Waals surface area contributed by atoms with Crippen LogP contribution in [0.3, 0.4) is 0 Å². The number of aryl methyl sites for hydroxylation is 1. The minimum Gasteiger partial charge on any atom is -0.392 e. The highest BCUT2D eigenvalue weighted by molar-refractivity contribution is 5.28. The van der Waals surface area contributed by atoms with Crippen LogP contribution in [0.5, 0.6) is 0 Å². The van der Waals surface area contributed by atoms with Gasteiger partial charge >= 0.3 is 0 Å². The van der Waals surface area contributed by atoms with Crippen molar-refractivity contribution < 1.29 is 9.63 Å². The van der Waals surface area contributed by atoms with Crippen molar-refractivity contribution in [3.05, 3.63) is 47.1 Å². The number of aliphatic hydroxyl groups excluding tert-OH is 1. The van der Waals surface area contributed by atoms with Crippen molar-refractivity contribution in [1.82, 2.24) is 10.1 Å². The maximum atomic E-state index is 10.2. The quantitative estimate of drug-likeness (QED) is 0.879. The zero-order chi connectivity index (χ0) is 14.7. The van der Waals surface area contributed by atoms with Gasteiger partial charge in [-0.05, 0) is 30.9 Å². The summed E-state index contributed by atoms with van der Waals surface area (Å²) in [5.41, 5.74) is 2.45. The molecule has 1 aromatic carbocycles. The van der Waals surface area contributed by atoms with Gasteiger partial charge < -0.3 is 9.63 Å². The fraction of sp³-hybridized carbons (Fsp3) is 0.529. The van der Waals surface area contributed by atoms with E-state index in [0.29, 0.717) is 18.1 Å². The number of aromatic nitrogens is 2. The molecule has 1 aliphatic carbocycles. The van der Waals surface area contributed by atoms with Crippen molar-refractivity contribution >= 4 is 0 Å². The second-order valence-electron chi connectivity index (χ2n) is 5.96. The Labute approximate surface area is 125 Å². The second kappa shape index (κ2) is 6.39. The van der Waals surface area contributed by atoms with Crippen molar-refractivity contribution in [2.24, 2.45) is 0 Å². The van der Waals surface area contributed by atoms with Crippen molar-refractivity contribution in [2.45, 2.75) is 57.5 Å². The molecule has 4 nitrogen and oxygen atoms in total. The highest BCUT2D eigenvalue weighted by atomic mass is 16.5. The molecular formula is C17H22N2O2. The van der Waals surface area contributed by atoms with E-state index in [1.54, 1.807) is 0 Å². The topological polar surface area (TPSA) is 59.2 Å². The van der Waals surface area contributed by atoms with Gasteiger partial charge in [-0.1, -0.05) is 48.7 Å². The van der Waals surface area contributed by atoms with E-state index in [4.69, 9.17) is 4.52 Å². The number of hydrogen-bond donors (Lipinski definition) is 1. The molecule has 3 rings (SSSR count). The molecule has 1 heterocycles. The third-order valence-corrected chi connectivity index (χ3v) is 4.39. The van der Waals surface area contributed by atoms with Crippen LogP contribution < -0.4 is 0 Å². The predicted molar refractivity (Wildman–Crippen MR) is 80.1 cm³/mol. The third kappa shape index (κ3) is 3.32. The zero-order valence-electron chi connectivity index (χ0n) is 12.5. The van der Waals surface area contributed by atoms with Crippen LogP contribution in [-0.4, -0.2) is 21.4 Å². The monoisotopic (exact) mass is 286 g/mol. The van der Waals surface area contributed by atoms with Crippen molar-refractivity contribution in [1.29, 1.82) is 0 Å². The van der Waals surface area contributed by atoms with E-state index in [0.717, 1.165) is 25.7 Å². The van der Waals surface area contributed by atoms with Gasteiger partial charge in [-0.15, -0.1) is 0 Å². The summed E-state index contributed by atoms with van der Waals surface area (Å²) in [5.74, 6) is 1.31. The Kier molecular flexibility index (Phi) is 4.34. The molecule has 1 aliphatic rings. The van der Waals surface area contributed by atoms with Crippen LogP contribution in [0.4, 0.5) is 0 Å². The van der Waals surface area contributed by atoms with Gasteiger partial charge in [-0.3, -0.25) is 0 Å². The molecule has 1 N–H and O–H groups in total. The van der Waals surface area contributed by atoms with E-state index in [1.807, 2.05) is 12.1 Å². The number of aliphatic hydroxyl groups is 1. The molecule has 1 saturated carbocycles. The maximum absolute atomic E-state index is 10.2. The van der Waals surface area contributed by atoms with Crippen molar-refractivity contribution in [2.75, 3.05) is 0 Å². The van der Waals surface area contributed by atoms with Gasteiger partial charge in [0.05, 0.1) is 12.0 Å². The number of benzene rings is 1. The number of hydrogen-bond acceptors (Lipinski definition) is 4. The predicted octanol–water partition coefficient (Wildman–Crippen LogP) is 3.38. The van der Waals surface area contributed by atoms with E-state index < -0.39 is 0 Å². The van der Waals surface area contributed by atoms with Gasteiger partial charge in [-0.2, -0.15) is 4.98 Å². The average Bonchev–Trinajstić information content (AvgIpc) is 2.82. The van der Waals surface area contributed by atoms with E-state index in [-0.39, 0.29) is 12.0 Å². The fourth-order valence-corrected chi connectivity index (χ4v) is 3.04. The van der Waals surface area contributed by atoms with Crippen LogP contribution in [0.15, 0.2) is 28.8 Å². The van der Waals surface area contributed by atoms with E-state index >= 15 is 0 Å². The molecule has 2 atom stereocenters. The first kappa shape index (κ1) is 14.3. The first-order valence-corrected chi connectivity index (χ1v) is 7.79. The first-order chi connectivity index (χ1) is 10.2. The normalized spacial score (nSPS) is 23.0. The molecule has 112 valence electrons. The van der Waals surface area contributed by atoms with Crippen LogP contribution in [0, 0.1) is 6.92 Å². The van der Waals surface area contributed by atoms with Gasteiger partial charge in [0.1, 0.15) is 0 Å². The summed E-state index contributed by atoms with van der Waals surface area (Å²) >= 11 is 0. The molecule has 0 bridgehead atoms. The van der Waals surface area contributed by atoms with Crippen LogP contribution >= 0.6 is 0 Å². The molecule has 21 heavy (non-hydrogen) atoms.